The van der Waals surface area contributed by atoms with E-state index in [4.69, 9.17) is 16.2 Å². The van der Waals surface area contributed by atoms with Crippen LogP contribution < -0.4 is 11.1 Å². The third-order valence-electron chi connectivity index (χ3n) is 1.92. The summed E-state index contributed by atoms with van der Waals surface area (Å²) in [7, 11) is 0. The van der Waals surface area contributed by atoms with Crippen LogP contribution in [0.5, 0.6) is 0 Å². The third-order valence-corrected chi connectivity index (χ3v) is 2.41. The molecule has 0 amide bonds. The summed E-state index contributed by atoms with van der Waals surface area (Å²) in [6, 6.07) is -0.788. The Kier molecular flexibility index (Phi) is 11.7. The Bertz CT molecular complexity index is 246. The summed E-state index contributed by atoms with van der Waals surface area (Å²) in [5.74, 6) is -1.89. The molecule has 0 saturated heterocycles. The van der Waals surface area contributed by atoms with E-state index in [1.54, 1.807) is 0 Å². The zero-order valence-electron chi connectivity index (χ0n) is 8.57. The summed E-state index contributed by atoms with van der Waals surface area (Å²) in [6.45, 7) is 0.401. The van der Waals surface area contributed by atoms with Crippen LogP contribution in [0.3, 0.4) is 0 Å². The first-order valence-electron chi connectivity index (χ1n) is 3.92. The third kappa shape index (κ3) is 4.73. The fourth-order valence-corrected chi connectivity index (χ4v) is 1.42. The first-order chi connectivity index (χ1) is 6.40. The van der Waals surface area contributed by atoms with Gasteiger partial charge in [-0.15, -0.1) is 24.8 Å². The summed E-state index contributed by atoms with van der Waals surface area (Å²) >= 11 is 3.85. The van der Waals surface area contributed by atoms with E-state index in [0.29, 0.717) is 0 Å². The van der Waals surface area contributed by atoms with E-state index in [9.17, 15) is 9.18 Å². The predicted molar refractivity (Wildman–Crippen MR) is 69.2 cm³/mol. The van der Waals surface area contributed by atoms with E-state index < -0.39 is 30.1 Å². The highest BCUT2D eigenvalue weighted by atomic mass is 35.5. The second-order valence-corrected chi connectivity index (χ2v) is 3.28. The molecule has 1 unspecified atom stereocenters. The molecule has 0 rings (SSSR count). The first kappa shape index (κ1) is 21.1. The topological polar surface area (TPSA) is 99.2 Å². The molecule has 0 radical (unpaired) electrons. The van der Waals surface area contributed by atoms with Crippen LogP contribution >= 0.6 is 37.4 Å². The number of nitrogens with one attached hydrogen (secondary N) is 2. The molecular formula is C7H16Cl2FN3O2S. The lowest BCUT2D eigenvalue weighted by molar-refractivity contribution is -0.143. The summed E-state index contributed by atoms with van der Waals surface area (Å²) in [4.78, 5) is 10.9. The van der Waals surface area contributed by atoms with E-state index in [2.05, 4.69) is 17.9 Å². The van der Waals surface area contributed by atoms with Crippen molar-refractivity contribution in [3.8, 4) is 0 Å². The van der Waals surface area contributed by atoms with Gasteiger partial charge in [0.25, 0.3) is 0 Å². The van der Waals surface area contributed by atoms with Crippen LogP contribution in [0.1, 0.15) is 6.92 Å². The van der Waals surface area contributed by atoms with Crippen LogP contribution in [0.4, 0.5) is 4.39 Å². The number of rotatable bonds is 5. The molecule has 0 aliphatic heterocycles. The molecule has 5 N–H and O–H groups in total. The molecule has 0 aliphatic rings. The Morgan fingerprint density at radius 1 is 1.69 bits per heavy atom. The van der Waals surface area contributed by atoms with Crippen molar-refractivity contribution in [2.24, 2.45) is 5.73 Å². The molecule has 0 aromatic heterocycles. The van der Waals surface area contributed by atoms with Crippen LogP contribution in [0.15, 0.2) is 0 Å². The van der Waals surface area contributed by atoms with E-state index in [1.807, 2.05) is 0 Å². The summed E-state index contributed by atoms with van der Waals surface area (Å²) in [5, 5.41) is 18.2. The quantitative estimate of drug-likeness (QED) is 0.289. The number of alkyl halides is 1. The molecule has 98 valence electrons. The second-order valence-electron chi connectivity index (χ2n) is 2.96. The largest absolute Gasteiger partial charge is 0.479 e. The summed E-state index contributed by atoms with van der Waals surface area (Å²) < 4.78 is 12.0. The number of thiol groups is 1. The average Bonchev–Trinajstić information content (AvgIpc) is 2.12. The highest BCUT2D eigenvalue weighted by molar-refractivity contribution is 7.80. The SMILES string of the molecule is CC(N)[C@@](CS)(NC(=N)CF)C(=O)O.Cl.Cl. The van der Waals surface area contributed by atoms with Crippen LogP contribution in [-0.4, -0.2) is 40.9 Å². The highest BCUT2D eigenvalue weighted by Gasteiger charge is 2.41. The van der Waals surface area contributed by atoms with Crippen LogP contribution in [0.2, 0.25) is 0 Å². The fourth-order valence-electron chi connectivity index (χ4n) is 0.916. The van der Waals surface area contributed by atoms with Crippen molar-refractivity contribution in [3.05, 3.63) is 0 Å². The van der Waals surface area contributed by atoms with E-state index >= 15 is 0 Å². The number of hydrogen-bond donors (Lipinski definition) is 5. The molecule has 0 bridgehead atoms. The average molecular weight is 296 g/mol. The predicted octanol–water partition coefficient (Wildman–Crippen LogP) is 0.467. The molecular weight excluding hydrogens is 280 g/mol. The lowest BCUT2D eigenvalue weighted by Gasteiger charge is -2.33. The van der Waals surface area contributed by atoms with Crippen LogP contribution in [0, 0.1) is 5.41 Å². The zero-order valence-corrected chi connectivity index (χ0v) is 11.1. The first-order valence-corrected chi connectivity index (χ1v) is 4.55. The van der Waals surface area contributed by atoms with Crippen molar-refractivity contribution in [1.29, 1.82) is 5.41 Å². The molecule has 0 saturated carbocycles. The number of carbonyl (C=O) groups is 1. The minimum absolute atomic E-state index is 0. The second kappa shape index (κ2) is 8.86. The molecule has 16 heavy (non-hydrogen) atoms. The number of carboxylic acids is 1. The Morgan fingerprint density at radius 2 is 2.12 bits per heavy atom. The fraction of sp³-hybridized carbons (Fsp3) is 0.714. The molecule has 0 heterocycles. The van der Waals surface area contributed by atoms with Gasteiger partial charge in [-0.2, -0.15) is 12.6 Å². The Labute approximate surface area is 111 Å². The van der Waals surface area contributed by atoms with Crippen molar-refractivity contribution < 1.29 is 14.3 Å². The Balaban J connectivity index is -0.000000845. The van der Waals surface area contributed by atoms with Gasteiger partial charge in [0, 0.05) is 11.8 Å². The smallest absolute Gasteiger partial charge is 0.331 e. The number of halogens is 3. The molecule has 2 atom stereocenters. The summed E-state index contributed by atoms with van der Waals surface area (Å²) in [5.41, 5.74) is 3.88. The normalized spacial score (nSPS) is 14.8. The Morgan fingerprint density at radius 3 is 2.31 bits per heavy atom. The Hall–Kier alpha value is -0.240. The van der Waals surface area contributed by atoms with Gasteiger partial charge in [0.05, 0.1) is 0 Å². The summed E-state index contributed by atoms with van der Waals surface area (Å²) in [6.07, 6.45) is 0. The molecule has 0 aliphatic carbocycles. The molecule has 5 nitrogen and oxygen atoms in total. The van der Waals surface area contributed by atoms with Gasteiger partial charge >= 0.3 is 5.97 Å². The lowest BCUT2D eigenvalue weighted by Crippen LogP contribution is -2.65. The standard InChI is InChI=1S/C7H14FN3O2S.2ClH/c1-4(9)7(3-14,6(12)13)11-5(10)2-8;;/h4,14H,2-3,9H2,1H3,(H2,10,11)(H,12,13);2*1H/t4?,7-;;/m1../s1. The molecule has 0 spiro atoms. The molecule has 9 heteroatoms. The number of amidine groups is 1. The van der Waals surface area contributed by atoms with Gasteiger partial charge < -0.3 is 16.2 Å². The monoisotopic (exact) mass is 295 g/mol. The maximum Gasteiger partial charge on any atom is 0.331 e. The maximum absolute atomic E-state index is 12.0. The van der Waals surface area contributed by atoms with Gasteiger partial charge in [-0.25, -0.2) is 9.18 Å². The van der Waals surface area contributed by atoms with Crippen molar-refractivity contribution in [1.82, 2.24) is 5.32 Å². The minimum Gasteiger partial charge on any atom is -0.479 e. The van der Waals surface area contributed by atoms with Crippen LogP contribution in [-0.2, 0) is 4.79 Å². The van der Waals surface area contributed by atoms with E-state index in [-0.39, 0.29) is 30.6 Å². The van der Waals surface area contributed by atoms with Crippen molar-refractivity contribution >= 4 is 49.2 Å². The van der Waals surface area contributed by atoms with Gasteiger partial charge in [-0.1, -0.05) is 0 Å². The number of hydrogen-bond acceptors (Lipinski definition) is 4. The molecule has 0 aromatic carbocycles. The van der Waals surface area contributed by atoms with Gasteiger partial charge in [0.2, 0.25) is 0 Å². The number of nitrogens with two attached hydrogens (primary N) is 1. The molecule has 0 fully saturated rings. The minimum atomic E-state index is -1.59. The number of carboxylic acid groups (broad SMARTS) is 1. The van der Waals surface area contributed by atoms with Crippen molar-refractivity contribution in [2.75, 3.05) is 12.4 Å². The van der Waals surface area contributed by atoms with E-state index in [1.165, 1.54) is 6.92 Å². The van der Waals surface area contributed by atoms with Gasteiger partial charge in [0.1, 0.15) is 12.5 Å². The lowest BCUT2D eigenvalue weighted by atomic mass is 9.94. The van der Waals surface area contributed by atoms with Gasteiger partial charge in [0.15, 0.2) is 5.54 Å². The molecule has 0 aromatic rings. The van der Waals surface area contributed by atoms with Crippen molar-refractivity contribution in [2.45, 2.75) is 18.5 Å². The highest BCUT2D eigenvalue weighted by Crippen LogP contribution is 2.12. The van der Waals surface area contributed by atoms with Gasteiger partial charge in [-0.3, -0.25) is 5.41 Å². The van der Waals surface area contributed by atoms with Gasteiger partial charge in [-0.05, 0) is 6.92 Å². The van der Waals surface area contributed by atoms with E-state index in [0.717, 1.165) is 0 Å². The van der Waals surface area contributed by atoms with Crippen LogP contribution in [0.25, 0.3) is 0 Å². The maximum atomic E-state index is 12.0. The van der Waals surface area contributed by atoms with Crippen molar-refractivity contribution in [3.63, 3.8) is 0 Å². The number of aliphatic carboxylic acids is 1. The zero-order chi connectivity index (χ0) is 11.4.